The predicted octanol–water partition coefficient (Wildman–Crippen LogP) is 3.46. The molecule has 1 aromatic carbocycles. The summed E-state index contributed by atoms with van der Waals surface area (Å²) in [5, 5.41) is 1.06. The summed E-state index contributed by atoms with van der Waals surface area (Å²) in [6.45, 7) is 2.19. The van der Waals surface area contributed by atoms with E-state index in [2.05, 4.69) is 19.1 Å². The van der Waals surface area contributed by atoms with Crippen LogP contribution in [0, 0.1) is 0 Å². The van der Waals surface area contributed by atoms with Crippen molar-refractivity contribution in [2.45, 2.75) is 25.1 Å². The minimum absolute atomic E-state index is 0.242. The molecule has 2 heteroatoms. The average molecular weight is 255 g/mol. The molecule has 14 heavy (non-hydrogen) atoms. The number of allylic oxidation sites excluding steroid dienone is 2. The molecule has 0 aliphatic rings. The van der Waals surface area contributed by atoms with Crippen molar-refractivity contribution < 1.29 is 3.82 Å². The van der Waals surface area contributed by atoms with Gasteiger partial charge in [0.05, 0.1) is 0 Å². The van der Waals surface area contributed by atoms with E-state index in [9.17, 15) is 0 Å². The van der Waals surface area contributed by atoms with E-state index in [4.69, 9.17) is 3.82 Å². The van der Waals surface area contributed by atoms with Gasteiger partial charge in [-0.1, -0.05) is 0 Å². The Morgan fingerprint density at radius 1 is 1.21 bits per heavy atom. The van der Waals surface area contributed by atoms with Crippen molar-refractivity contribution in [3.8, 4) is 5.75 Å². The van der Waals surface area contributed by atoms with Crippen molar-refractivity contribution in [2.24, 2.45) is 0 Å². The van der Waals surface area contributed by atoms with Crippen LogP contribution in [0.5, 0.6) is 5.75 Å². The fourth-order valence-corrected chi connectivity index (χ4v) is 2.08. The third kappa shape index (κ3) is 5.11. The van der Waals surface area contributed by atoms with Crippen LogP contribution in [0.4, 0.5) is 0 Å². The molecule has 0 radical (unpaired) electrons. The van der Waals surface area contributed by atoms with Crippen LogP contribution in [-0.2, 0) is 0 Å². The third-order valence-electron chi connectivity index (χ3n) is 1.68. The van der Waals surface area contributed by atoms with Crippen LogP contribution in [0.1, 0.15) is 19.8 Å². The standard InChI is InChI=1S/C12H16OSe/c1-2-3-4-8-11-14-13-12-9-6-5-7-10-12/h4-10H,2-3,11H2,1H3/b8-4+. The zero-order chi connectivity index (χ0) is 10.1. The molecule has 0 saturated carbocycles. The van der Waals surface area contributed by atoms with E-state index in [0.717, 1.165) is 11.1 Å². The summed E-state index contributed by atoms with van der Waals surface area (Å²) >= 11 is 0.242. The molecular weight excluding hydrogens is 239 g/mol. The Morgan fingerprint density at radius 2 is 2.00 bits per heavy atom. The molecular formula is C12H16OSe. The number of para-hydroxylation sites is 1. The molecule has 0 heterocycles. The summed E-state index contributed by atoms with van der Waals surface area (Å²) in [6.07, 6.45) is 6.85. The van der Waals surface area contributed by atoms with Gasteiger partial charge in [0.1, 0.15) is 0 Å². The number of hydrogen-bond acceptors (Lipinski definition) is 1. The molecule has 0 atom stereocenters. The number of unbranched alkanes of at least 4 members (excludes halogenated alkanes) is 1. The number of hydrogen-bond donors (Lipinski definition) is 0. The van der Waals surface area contributed by atoms with E-state index in [1.54, 1.807) is 0 Å². The van der Waals surface area contributed by atoms with E-state index in [0.29, 0.717) is 0 Å². The molecule has 1 nitrogen and oxygen atoms in total. The normalized spacial score (nSPS) is 10.6. The first-order chi connectivity index (χ1) is 6.93. The second-order valence-corrected chi connectivity index (χ2v) is 4.48. The van der Waals surface area contributed by atoms with Crippen LogP contribution in [0.25, 0.3) is 0 Å². The number of rotatable bonds is 6. The SMILES string of the molecule is CCC/C=C/C[Se]Oc1ccccc1. The Bertz CT molecular complexity index is 256. The Morgan fingerprint density at radius 3 is 2.71 bits per heavy atom. The van der Waals surface area contributed by atoms with Crippen LogP contribution in [-0.4, -0.2) is 15.3 Å². The quantitative estimate of drug-likeness (QED) is 0.429. The van der Waals surface area contributed by atoms with Crippen molar-refractivity contribution >= 4 is 15.3 Å². The number of benzene rings is 1. The molecule has 1 rings (SSSR count). The molecule has 0 unspecified atom stereocenters. The first-order valence-corrected chi connectivity index (χ1v) is 6.84. The van der Waals surface area contributed by atoms with Gasteiger partial charge >= 0.3 is 92.4 Å². The van der Waals surface area contributed by atoms with Gasteiger partial charge in [0.25, 0.3) is 0 Å². The van der Waals surface area contributed by atoms with Crippen LogP contribution < -0.4 is 3.82 Å². The fraction of sp³-hybridized carbons (Fsp3) is 0.333. The molecule has 0 amide bonds. The Labute approximate surface area is 92.7 Å². The fourth-order valence-electron chi connectivity index (χ4n) is 0.970. The van der Waals surface area contributed by atoms with E-state index in [1.807, 2.05) is 30.3 Å². The second kappa shape index (κ2) is 7.66. The summed E-state index contributed by atoms with van der Waals surface area (Å²) in [7, 11) is 0. The van der Waals surface area contributed by atoms with Gasteiger partial charge in [0, 0.05) is 0 Å². The summed E-state index contributed by atoms with van der Waals surface area (Å²) in [5.41, 5.74) is 0. The molecule has 0 bridgehead atoms. The van der Waals surface area contributed by atoms with Gasteiger partial charge in [0.15, 0.2) is 0 Å². The monoisotopic (exact) mass is 256 g/mol. The first-order valence-electron chi connectivity index (χ1n) is 4.93. The molecule has 0 spiro atoms. The summed E-state index contributed by atoms with van der Waals surface area (Å²) in [4.78, 5) is 0. The predicted molar refractivity (Wildman–Crippen MR) is 61.7 cm³/mol. The van der Waals surface area contributed by atoms with Gasteiger partial charge in [0.2, 0.25) is 0 Å². The Hall–Kier alpha value is -0.721. The molecule has 76 valence electrons. The van der Waals surface area contributed by atoms with Crippen LogP contribution in [0.15, 0.2) is 42.5 Å². The van der Waals surface area contributed by atoms with Gasteiger partial charge in [-0.15, -0.1) is 0 Å². The molecule has 0 aliphatic heterocycles. The third-order valence-corrected chi connectivity index (χ3v) is 3.02. The van der Waals surface area contributed by atoms with Crippen molar-refractivity contribution in [3.05, 3.63) is 42.5 Å². The molecule has 0 N–H and O–H groups in total. The molecule has 0 aromatic heterocycles. The van der Waals surface area contributed by atoms with Gasteiger partial charge < -0.3 is 0 Å². The summed E-state index contributed by atoms with van der Waals surface area (Å²) in [6, 6.07) is 9.99. The molecule has 0 saturated heterocycles. The summed E-state index contributed by atoms with van der Waals surface area (Å²) in [5.74, 6) is 0.983. The maximum atomic E-state index is 5.60. The van der Waals surface area contributed by atoms with Crippen LogP contribution >= 0.6 is 0 Å². The Balaban J connectivity index is 2.10. The molecule has 1 aromatic rings. The Kier molecular flexibility index (Phi) is 6.21. The van der Waals surface area contributed by atoms with E-state index < -0.39 is 0 Å². The van der Waals surface area contributed by atoms with E-state index in [-0.39, 0.29) is 15.3 Å². The van der Waals surface area contributed by atoms with Crippen LogP contribution in [0.3, 0.4) is 0 Å². The van der Waals surface area contributed by atoms with Crippen molar-refractivity contribution in [1.82, 2.24) is 0 Å². The second-order valence-electron chi connectivity index (χ2n) is 2.94. The van der Waals surface area contributed by atoms with Crippen molar-refractivity contribution in [1.29, 1.82) is 0 Å². The maximum absolute atomic E-state index is 5.60. The molecule has 0 fully saturated rings. The topological polar surface area (TPSA) is 9.23 Å². The average Bonchev–Trinajstić information content (AvgIpc) is 2.25. The van der Waals surface area contributed by atoms with Gasteiger partial charge in [-0.25, -0.2) is 0 Å². The zero-order valence-electron chi connectivity index (χ0n) is 8.48. The zero-order valence-corrected chi connectivity index (χ0v) is 10.2. The van der Waals surface area contributed by atoms with Gasteiger partial charge in [-0.2, -0.15) is 0 Å². The summed E-state index contributed by atoms with van der Waals surface area (Å²) < 4.78 is 5.60. The van der Waals surface area contributed by atoms with Crippen molar-refractivity contribution in [3.63, 3.8) is 0 Å². The first kappa shape index (κ1) is 11.4. The van der Waals surface area contributed by atoms with E-state index >= 15 is 0 Å². The molecule has 0 aliphatic carbocycles. The minimum atomic E-state index is 0.242. The van der Waals surface area contributed by atoms with E-state index in [1.165, 1.54) is 12.8 Å². The van der Waals surface area contributed by atoms with Gasteiger partial charge in [-0.3, -0.25) is 0 Å². The van der Waals surface area contributed by atoms with Gasteiger partial charge in [-0.05, 0) is 0 Å². The van der Waals surface area contributed by atoms with Crippen LogP contribution in [0.2, 0.25) is 5.32 Å². The van der Waals surface area contributed by atoms with Crippen molar-refractivity contribution in [2.75, 3.05) is 0 Å².